The maximum atomic E-state index is 6.24. The van der Waals surface area contributed by atoms with Crippen LogP contribution in [-0.4, -0.2) is 0 Å². The first-order valence-electron chi connectivity index (χ1n) is 7.20. The van der Waals surface area contributed by atoms with Crippen molar-refractivity contribution in [1.82, 2.24) is 0 Å². The van der Waals surface area contributed by atoms with Gasteiger partial charge in [-0.1, -0.05) is 70.0 Å². The first-order chi connectivity index (χ1) is 11.1. The largest absolute Gasteiger partial charge is 0.0843 e. The highest BCUT2D eigenvalue weighted by Crippen LogP contribution is 2.40. The Morgan fingerprint density at radius 1 is 0.739 bits per heavy atom. The summed E-state index contributed by atoms with van der Waals surface area (Å²) < 4.78 is 2.35. The van der Waals surface area contributed by atoms with E-state index in [2.05, 4.69) is 99.2 Å². The summed E-state index contributed by atoms with van der Waals surface area (Å²) in [4.78, 5) is 0. The third kappa shape index (κ3) is 2.67. The highest BCUT2D eigenvalue weighted by atomic mass is 127. The van der Waals surface area contributed by atoms with Gasteiger partial charge in [0.1, 0.15) is 0 Å². The molecule has 3 heteroatoms. The van der Waals surface area contributed by atoms with Crippen LogP contribution < -0.4 is 0 Å². The number of halogens is 3. The number of benzene rings is 4. The summed E-state index contributed by atoms with van der Waals surface area (Å²) in [5.74, 6) is 0. The molecule has 0 heterocycles. The zero-order chi connectivity index (χ0) is 16.0. The van der Waals surface area contributed by atoms with Gasteiger partial charge in [0.25, 0.3) is 0 Å². The molecule has 0 aliphatic carbocycles. The normalized spacial score (nSPS) is 11.3. The average Bonchev–Trinajstić information content (AvgIpc) is 2.56. The molecule has 112 valence electrons. The van der Waals surface area contributed by atoms with E-state index in [1.165, 1.54) is 36.2 Å². The second kappa shape index (κ2) is 6.08. The third-order valence-electron chi connectivity index (χ3n) is 4.06. The van der Waals surface area contributed by atoms with Gasteiger partial charge in [0.15, 0.2) is 0 Å². The van der Waals surface area contributed by atoms with Crippen molar-refractivity contribution in [2.45, 2.75) is 0 Å². The Balaban J connectivity index is 2.20. The second-order valence-electron chi connectivity index (χ2n) is 5.43. The lowest BCUT2D eigenvalue weighted by atomic mass is 9.93. The topological polar surface area (TPSA) is 0 Å². The van der Waals surface area contributed by atoms with Crippen molar-refractivity contribution in [3.05, 3.63) is 79.8 Å². The van der Waals surface area contributed by atoms with Gasteiger partial charge in [0.05, 0.1) is 0 Å². The van der Waals surface area contributed by atoms with E-state index in [-0.39, 0.29) is 0 Å². The number of hydrogen-bond acceptors (Lipinski definition) is 0. The van der Waals surface area contributed by atoms with Crippen LogP contribution in [0.3, 0.4) is 0 Å². The molecule has 0 amide bonds. The van der Waals surface area contributed by atoms with Gasteiger partial charge in [-0.3, -0.25) is 0 Å². The lowest BCUT2D eigenvalue weighted by molar-refractivity contribution is 1.61. The van der Waals surface area contributed by atoms with Gasteiger partial charge >= 0.3 is 0 Å². The predicted octanol–water partition coefficient (Wildman–Crippen LogP) is 7.68. The predicted molar refractivity (Wildman–Crippen MR) is 112 cm³/mol. The molecule has 0 aliphatic rings. The van der Waals surface area contributed by atoms with Crippen LogP contribution >= 0.6 is 50.1 Å². The first kappa shape index (κ1) is 15.4. The third-order valence-corrected chi connectivity index (χ3v) is 5.94. The first-order valence-corrected chi connectivity index (χ1v) is 9.45. The Labute approximate surface area is 161 Å². The lowest BCUT2D eigenvalue weighted by Crippen LogP contribution is -1.90. The minimum Gasteiger partial charge on any atom is -0.0843 e. The van der Waals surface area contributed by atoms with Gasteiger partial charge in [-0.2, -0.15) is 0 Å². The maximum Gasteiger partial charge on any atom is 0.0412 e. The molecule has 4 aromatic carbocycles. The summed E-state index contributed by atoms with van der Waals surface area (Å²) in [5.41, 5.74) is 2.51. The van der Waals surface area contributed by atoms with Crippen molar-refractivity contribution < 1.29 is 0 Å². The van der Waals surface area contributed by atoms with Gasteiger partial charge < -0.3 is 0 Å². The van der Waals surface area contributed by atoms with Crippen LogP contribution in [0.4, 0.5) is 0 Å². The molecule has 0 aromatic heterocycles. The van der Waals surface area contributed by atoms with E-state index in [0.29, 0.717) is 0 Å². The van der Waals surface area contributed by atoms with E-state index in [1.54, 1.807) is 0 Å². The molecule has 0 unspecified atom stereocenters. The number of hydrogen-bond donors (Lipinski definition) is 0. The van der Waals surface area contributed by atoms with Crippen LogP contribution in [0.25, 0.3) is 32.7 Å². The summed E-state index contributed by atoms with van der Waals surface area (Å²) in [6, 6.07) is 23.2. The second-order valence-corrected chi connectivity index (χ2v) is 7.86. The van der Waals surface area contributed by atoms with E-state index >= 15 is 0 Å². The molecule has 4 aromatic rings. The van der Waals surface area contributed by atoms with Crippen molar-refractivity contribution in [2.75, 3.05) is 0 Å². The summed E-state index contributed by atoms with van der Waals surface area (Å²) in [6.45, 7) is 0. The molecular weight excluding hydrogens is 482 g/mol. The SMILES string of the molecule is Clc1ccc2c(I)c(-c3ccc(Br)cc3)c3ccccc3c2c1. The van der Waals surface area contributed by atoms with E-state index in [1.807, 2.05) is 6.07 Å². The summed E-state index contributed by atoms with van der Waals surface area (Å²) >= 11 is 12.2. The summed E-state index contributed by atoms with van der Waals surface area (Å²) in [7, 11) is 0. The van der Waals surface area contributed by atoms with Crippen molar-refractivity contribution in [3.63, 3.8) is 0 Å². The Morgan fingerprint density at radius 2 is 1.43 bits per heavy atom. The van der Waals surface area contributed by atoms with Crippen molar-refractivity contribution in [1.29, 1.82) is 0 Å². The minimum absolute atomic E-state index is 0.773. The summed E-state index contributed by atoms with van der Waals surface area (Å²) in [5, 5.41) is 5.72. The molecule has 0 atom stereocenters. The van der Waals surface area contributed by atoms with Crippen molar-refractivity contribution in [3.8, 4) is 11.1 Å². The molecule has 0 saturated heterocycles. The van der Waals surface area contributed by atoms with Gasteiger partial charge in [-0.15, -0.1) is 0 Å². The van der Waals surface area contributed by atoms with E-state index < -0.39 is 0 Å². The van der Waals surface area contributed by atoms with E-state index in [9.17, 15) is 0 Å². The van der Waals surface area contributed by atoms with Crippen LogP contribution in [0, 0.1) is 3.57 Å². The van der Waals surface area contributed by atoms with Crippen molar-refractivity contribution in [2.24, 2.45) is 0 Å². The zero-order valence-corrected chi connectivity index (χ0v) is 16.5. The Hall–Kier alpha value is -1.10. The smallest absolute Gasteiger partial charge is 0.0412 e. The van der Waals surface area contributed by atoms with E-state index in [0.717, 1.165) is 9.50 Å². The monoisotopic (exact) mass is 492 g/mol. The maximum absolute atomic E-state index is 6.24. The highest BCUT2D eigenvalue weighted by Gasteiger charge is 2.14. The van der Waals surface area contributed by atoms with Crippen molar-refractivity contribution >= 4 is 71.7 Å². The van der Waals surface area contributed by atoms with Crippen LogP contribution in [0.1, 0.15) is 0 Å². The van der Waals surface area contributed by atoms with Crippen LogP contribution in [-0.2, 0) is 0 Å². The molecule has 4 rings (SSSR count). The molecule has 0 bridgehead atoms. The average molecular weight is 494 g/mol. The Morgan fingerprint density at radius 3 is 2.17 bits per heavy atom. The Kier molecular flexibility index (Phi) is 4.08. The molecule has 23 heavy (non-hydrogen) atoms. The highest BCUT2D eigenvalue weighted by molar-refractivity contribution is 14.1. The van der Waals surface area contributed by atoms with Gasteiger partial charge in [0.2, 0.25) is 0 Å². The molecule has 0 nitrogen and oxygen atoms in total. The Bertz CT molecular complexity index is 1040. The van der Waals surface area contributed by atoms with Gasteiger partial charge in [-0.25, -0.2) is 0 Å². The minimum atomic E-state index is 0.773. The molecule has 0 aliphatic heterocycles. The fraction of sp³-hybridized carbons (Fsp3) is 0. The summed E-state index contributed by atoms with van der Waals surface area (Å²) in [6.07, 6.45) is 0. The molecule has 0 spiro atoms. The zero-order valence-electron chi connectivity index (χ0n) is 12.0. The molecule has 0 saturated carbocycles. The molecule has 0 fully saturated rings. The fourth-order valence-electron chi connectivity index (χ4n) is 3.02. The van der Waals surface area contributed by atoms with E-state index in [4.69, 9.17) is 11.6 Å². The number of rotatable bonds is 1. The number of fused-ring (bicyclic) bond motifs is 3. The molecular formula is C20H11BrClI. The molecule has 0 radical (unpaired) electrons. The van der Waals surface area contributed by atoms with Crippen LogP contribution in [0.2, 0.25) is 5.02 Å². The quantitative estimate of drug-likeness (QED) is 0.188. The lowest BCUT2D eigenvalue weighted by Gasteiger charge is -2.14. The van der Waals surface area contributed by atoms with Crippen LogP contribution in [0.5, 0.6) is 0 Å². The molecule has 0 N–H and O–H groups in total. The van der Waals surface area contributed by atoms with Crippen LogP contribution in [0.15, 0.2) is 71.2 Å². The van der Waals surface area contributed by atoms with Gasteiger partial charge in [-0.05, 0) is 74.0 Å². The standard InChI is InChI=1S/C20H11BrClI/c21-13-7-5-12(6-8-13)19-16-4-2-1-3-15(16)18-11-14(22)9-10-17(18)20(19)23/h1-11H. The fourth-order valence-corrected chi connectivity index (χ4v) is 4.53. The van der Waals surface area contributed by atoms with Gasteiger partial charge in [0, 0.05) is 18.6 Å².